The predicted molar refractivity (Wildman–Crippen MR) is 130 cm³/mol. The predicted octanol–water partition coefficient (Wildman–Crippen LogP) is 2.61. The van der Waals surface area contributed by atoms with Gasteiger partial charge in [0, 0.05) is 12.6 Å². The first kappa shape index (κ1) is 25.6. The molecular weight excluding hydrogens is 446 g/mol. The van der Waals surface area contributed by atoms with Gasteiger partial charge in [0.25, 0.3) is 5.91 Å². The average molecular weight is 476 g/mol. The van der Waals surface area contributed by atoms with Gasteiger partial charge in [-0.3, -0.25) is 19.4 Å². The highest BCUT2D eigenvalue weighted by atomic mass is 16.5. The van der Waals surface area contributed by atoms with Crippen molar-refractivity contribution in [2.45, 2.75) is 38.6 Å². The van der Waals surface area contributed by atoms with Crippen LogP contribution in [0.15, 0.2) is 79.0 Å². The van der Waals surface area contributed by atoms with Crippen LogP contribution in [0.5, 0.6) is 5.75 Å². The summed E-state index contributed by atoms with van der Waals surface area (Å²) in [7, 11) is 1.50. The molecule has 0 saturated heterocycles. The third-order valence-electron chi connectivity index (χ3n) is 5.34. The van der Waals surface area contributed by atoms with Crippen LogP contribution in [-0.4, -0.2) is 41.8 Å². The Morgan fingerprint density at radius 3 is 2.23 bits per heavy atom. The van der Waals surface area contributed by atoms with E-state index in [1.54, 1.807) is 25.3 Å². The van der Waals surface area contributed by atoms with E-state index in [2.05, 4.69) is 15.6 Å². The molecule has 1 heterocycles. The number of ketones is 1. The van der Waals surface area contributed by atoms with Gasteiger partial charge in [-0.15, -0.1) is 0 Å². The average Bonchev–Trinajstić information content (AvgIpc) is 2.90. The minimum atomic E-state index is -1.06. The minimum Gasteiger partial charge on any atom is -0.495 e. The van der Waals surface area contributed by atoms with E-state index < -0.39 is 29.7 Å². The number of aromatic nitrogens is 1. The molecule has 0 bridgehead atoms. The van der Waals surface area contributed by atoms with Crippen molar-refractivity contribution in [3.63, 3.8) is 0 Å². The van der Waals surface area contributed by atoms with Crippen LogP contribution in [-0.2, 0) is 38.7 Å². The molecule has 0 radical (unpaired) electrons. The summed E-state index contributed by atoms with van der Waals surface area (Å²) in [4.78, 5) is 42.7. The molecule has 0 aliphatic carbocycles. The molecule has 0 aliphatic rings. The third-order valence-corrected chi connectivity index (χ3v) is 5.34. The van der Waals surface area contributed by atoms with Crippen LogP contribution < -0.4 is 15.4 Å². The van der Waals surface area contributed by atoms with Gasteiger partial charge in [0.1, 0.15) is 23.6 Å². The number of rotatable bonds is 12. The summed E-state index contributed by atoms with van der Waals surface area (Å²) >= 11 is 0. The van der Waals surface area contributed by atoms with Gasteiger partial charge < -0.3 is 20.1 Å². The van der Waals surface area contributed by atoms with Crippen molar-refractivity contribution in [1.82, 2.24) is 15.6 Å². The highest BCUT2D eigenvalue weighted by Gasteiger charge is 2.29. The van der Waals surface area contributed by atoms with E-state index in [0.717, 1.165) is 11.1 Å². The summed E-state index contributed by atoms with van der Waals surface area (Å²) in [6.45, 7) is 1.87. The monoisotopic (exact) mass is 475 g/mol. The maximum atomic E-state index is 13.0. The topological polar surface area (TPSA) is 107 Å². The number of benzene rings is 2. The van der Waals surface area contributed by atoms with Crippen molar-refractivity contribution >= 4 is 17.6 Å². The molecule has 182 valence electrons. The molecule has 1 aromatic heterocycles. The number of ether oxygens (including phenoxy) is 2. The number of methoxy groups -OCH3 is 1. The van der Waals surface area contributed by atoms with Crippen molar-refractivity contribution in [2.75, 3.05) is 7.11 Å². The summed E-state index contributed by atoms with van der Waals surface area (Å²) in [5.74, 6) is -1.56. The zero-order chi connectivity index (χ0) is 25.0. The molecule has 0 aliphatic heterocycles. The van der Waals surface area contributed by atoms with Gasteiger partial charge in [0.2, 0.25) is 11.7 Å². The molecule has 3 rings (SSSR count). The molecule has 3 aromatic rings. The summed E-state index contributed by atoms with van der Waals surface area (Å²) in [5, 5.41) is 5.26. The fourth-order valence-electron chi connectivity index (χ4n) is 3.37. The van der Waals surface area contributed by atoms with Gasteiger partial charge >= 0.3 is 0 Å². The summed E-state index contributed by atoms with van der Waals surface area (Å²) in [5.41, 5.74) is 2.22. The SMILES string of the molecule is COc1cccnc1CNC(=O)C(=O)[C@@H](Cc1ccccc1)NC(=O)[C@@H](C)OCc1ccccc1. The number of pyridine rings is 1. The first-order valence-electron chi connectivity index (χ1n) is 11.3. The Hall–Kier alpha value is -4.04. The minimum absolute atomic E-state index is 0.0111. The van der Waals surface area contributed by atoms with Crippen molar-refractivity contribution in [1.29, 1.82) is 0 Å². The van der Waals surface area contributed by atoms with Gasteiger partial charge in [-0.05, 0) is 30.2 Å². The molecule has 0 unspecified atom stereocenters. The summed E-state index contributed by atoms with van der Waals surface area (Å²) < 4.78 is 10.9. The molecule has 35 heavy (non-hydrogen) atoms. The van der Waals surface area contributed by atoms with E-state index in [1.807, 2.05) is 60.7 Å². The Kier molecular flexibility index (Phi) is 9.50. The first-order valence-corrected chi connectivity index (χ1v) is 11.3. The fraction of sp³-hybridized carbons (Fsp3) is 0.259. The molecule has 0 spiro atoms. The van der Waals surface area contributed by atoms with Gasteiger partial charge in [-0.1, -0.05) is 60.7 Å². The van der Waals surface area contributed by atoms with Gasteiger partial charge in [0.05, 0.1) is 20.3 Å². The Balaban J connectivity index is 1.65. The quantitative estimate of drug-likeness (QED) is 0.390. The molecule has 0 saturated carbocycles. The Bertz CT molecular complexity index is 1120. The van der Waals surface area contributed by atoms with Crippen LogP contribution in [0.4, 0.5) is 0 Å². The number of carbonyl (C=O) groups excluding carboxylic acids is 3. The van der Waals surface area contributed by atoms with Crippen molar-refractivity contribution < 1.29 is 23.9 Å². The van der Waals surface area contributed by atoms with Crippen molar-refractivity contribution in [3.8, 4) is 5.75 Å². The Labute approximate surface area is 204 Å². The normalized spacial score (nSPS) is 12.3. The lowest BCUT2D eigenvalue weighted by Crippen LogP contribution is -2.51. The third kappa shape index (κ3) is 7.75. The molecule has 2 aromatic carbocycles. The zero-order valence-corrected chi connectivity index (χ0v) is 19.8. The highest BCUT2D eigenvalue weighted by Crippen LogP contribution is 2.14. The van der Waals surface area contributed by atoms with Crippen LogP contribution in [0.25, 0.3) is 0 Å². The number of Topliss-reactive ketones (excluding diaryl/α,β-unsaturated/α-hetero) is 1. The fourth-order valence-corrected chi connectivity index (χ4v) is 3.37. The lowest BCUT2D eigenvalue weighted by Gasteiger charge is -2.20. The number of hydrogen-bond donors (Lipinski definition) is 2. The molecule has 8 nitrogen and oxygen atoms in total. The number of hydrogen-bond acceptors (Lipinski definition) is 6. The van der Waals surface area contributed by atoms with Crippen LogP contribution >= 0.6 is 0 Å². The van der Waals surface area contributed by atoms with Crippen LogP contribution in [0.2, 0.25) is 0 Å². The second-order valence-electron chi connectivity index (χ2n) is 7.89. The number of nitrogens with zero attached hydrogens (tertiary/aromatic N) is 1. The smallest absolute Gasteiger partial charge is 0.289 e. The highest BCUT2D eigenvalue weighted by molar-refractivity contribution is 6.38. The molecule has 2 N–H and O–H groups in total. The Morgan fingerprint density at radius 1 is 0.914 bits per heavy atom. The van der Waals surface area contributed by atoms with Crippen molar-refractivity contribution in [2.24, 2.45) is 0 Å². The molecule has 2 amide bonds. The van der Waals surface area contributed by atoms with Crippen LogP contribution in [0, 0.1) is 0 Å². The Morgan fingerprint density at radius 2 is 1.57 bits per heavy atom. The van der Waals surface area contributed by atoms with E-state index in [9.17, 15) is 14.4 Å². The van der Waals surface area contributed by atoms with E-state index >= 15 is 0 Å². The lowest BCUT2D eigenvalue weighted by molar-refractivity contribution is -0.141. The van der Waals surface area contributed by atoms with E-state index in [1.165, 1.54) is 7.11 Å². The van der Waals surface area contributed by atoms with Gasteiger partial charge in [-0.2, -0.15) is 0 Å². The lowest BCUT2D eigenvalue weighted by atomic mass is 10.0. The molecular formula is C27H29N3O5. The molecule has 2 atom stereocenters. The summed E-state index contributed by atoms with van der Waals surface area (Å²) in [6.07, 6.45) is 0.917. The maximum Gasteiger partial charge on any atom is 0.289 e. The number of nitrogens with one attached hydrogen (secondary N) is 2. The first-order chi connectivity index (χ1) is 17.0. The zero-order valence-electron chi connectivity index (χ0n) is 19.8. The van der Waals surface area contributed by atoms with E-state index in [4.69, 9.17) is 9.47 Å². The maximum absolute atomic E-state index is 13.0. The molecule has 8 heteroatoms. The largest absolute Gasteiger partial charge is 0.495 e. The van der Waals surface area contributed by atoms with Crippen LogP contribution in [0.1, 0.15) is 23.7 Å². The number of carbonyl (C=O) groups is 3. The van der Waals surface area contributed by atoms with Gasteiger partial charge in [-0.25, -0.2) is 0 Å². The second kappa shape index (κ2) is 13.0. The van der Waals surface area contributed by atoms with Crippen LogP contribution in [0.3, 0.4) is 0 Å². The van der Waals surface area contributed by atoms with E-state index in [0.29, 0.717) is 11.4 Å². The van der Waals surface area contributed by atoms with Crippen molar-refractivity contribution in [3.05, 3.63) is 95.8 Å². The standard InChI is InChI=1S/C27H29N3O5/c1-19(35-18-21-12-7-4-8-13-21)26(32)30-22(16-20-10-5-3-6-11-20)25(31)27(33)29-17-23-24(34-2)14-9-15-28-23/h3-15,19,22H,16-18H2,1-2H3,(H,29,33)(H,30,32)/t19-,22-/m1/s1. The van der Waals surface area contributed by atoms with Gasteiger partial charge in [0.15, 0.2) is 0 Å². The molecule has 0 fully saturated rings. The number of amides is 2. The second-order valence-corrected chi connectivity index (χ2v) is 7.89. The summed E-state index contributed by atoms with van der Waals surface area (Å²) in [6, 6.07) is 21.0. The van der Waals surface area contributed by atoms with E-state index in [-0.39, 0.29) is 19.6 Å².